The summed E-state index contributed by atoms with van der Waals surface area (Å²) in [6.07, 6.45) is 0.668. The molecule has 0 bridgehead atoms. The number of aromatic nitrogens is 1. The fourth-order valence-corrected chi connectivity index (χ4v) is 3.73. The summed E-state index contributed by atoms with van der Waals surface area (Å²) in [6, 6.07) is 15.1. The number of alkyl halides is 3. The van der Waals surface area contributed by atoms with Gasteiger partial charge in [-0.15, -0.1) is 0 Å². The number of amides is 2. The summed E-state index contributed by atoms with van der Waals surface area (Å²) in [4.78, 5) is 36.1. The van der Waals surface area contributed by atoms with Crippen LogP contribution in [0.2, 0.25) is 0 Å². The van der Waals surface area contributed by atoms with E-state index in [0.29, 0.717) is 23.4 Å². The third-order valence-corrected chi connectivity index (χ3v) is 5.76. The first-order valence-electron chi connectivity index (χ1n) is 11.8. The van der Waals surface area contributed by atoms with Gasteiger partial charge >= 0.3 is 6.18 Å². The van der Waals surface area contributed by atoms with Crippen LogP contribution in [0.25, 0.3) is 5.69 Å². The Kier molecular flexibility index (Phi) is 9.45. The van der Waals surface area contributed by atoms with Gasteiger partial charge in [0.1, 0.15) is 5.56 Å². The lowest BCUT2D eigenvalue weighted by molar-refractivity contribution is -0.137. The number of halogens is 3. The number of nitrogens with zero attached hydrogens (tertiary/aromatic N) is 1. The molecule has 39 heavy (non-hydrogen) atoms. The number of carbonyl (C=O) groups excluding carboxylic acids is 2. The van der Waals surface area contributed by atoms with Crippen LogP contribution in [-0.2, 0) is 11.0 Å². The van der Waals surface area contributed by atoms with Crippen molar-refractivity contribution >= 4 is 11.8 Å². The van der Waals surface area contributed by atoms with Crippen molar-refractivity contribution in [3.63, 3.8) is 0 Å². The predicted octanol–water partition coefficient (Wildman–Crippen LogP) is 3.14. The Labute approximate surface area is 222 Å². The molecule has 0 saturated carbocycles. The van der Waals surface area contributed by atoms with E-state index in [9.17, 15) is 32.7 Å². The average Bonchev–Trinajstić information content (AvgIpc) is 2.92. The first kappa shape index (κ1) is 28.9. The van der Waals surface area contributed by atoms with Crippen molar-refractivity contribution in [1.29, 1.82) is 0 Å². The molecule has 8 nitrogen and oxygen atoms in total. The monoisotopic (exact) mass is 540 g/mol. The minimum Gasteiger partial charge on any atom is -0.394 e. The SMILES string of the molecule is Cc1ccc(C(=O)NC(CO)c2ccccc2)c(=O)n1-c1cccc(C(F)(F)F)c1.NC(=O)C1=CC=CNC1. The molecule has 1 aliphatic heterocycles. The Morgan fingerprint density at radius 2 is 1.82 bits per heavy atom. The van der Waals surface area contributed by atoms with Crippen LogP contribution in [0.4, 0.5) is 13.2 Å². The van der Waals surface area contributed by atoms with Gasteiger partial charge in [-0.2, -0.15) is 13.2 Å². The molecular formula is C28H27F3N4O4. The molecule has 0 spiro atoms. The summed E-state index contributed by atoms with van der Waals surface area (Å²) in [5.41, 5.74) is 4.74. The van der Waals surface area contributed by atoms with Gasteiger partial charge in [0.15, 0.2) is 0 Å². The number of nitrogens with two attached hydrogens (primary N) is 1. The van der Waals surface area contributed by atoms with E-state index >= 15 is 0 Å². The van der Waals surface area contributed by atoms with Crippen LogP contribution in [-0.4, -0.2) is 34.6 Å². The quantitative estimate of drug-likeness (QED) is 0.382. The maximum atomic E-state index is 13.1. The average molecular weight is 541 g/mol. The molecule has 2 amide bonds. The Hall–Kier alpha value is -4.64. The molecule has 0 radical (unpaired) electrons. The molecule has 2 heterocycles. The molecule has 204 valence electrons. The number of pyridine rings is 1. The van der Waals surface area contributed by atoms with E-state index in [4.69, 9.17) is 5.73 Å². The highest BCUT2D eigenvalue weighted by Gasteiger charge is 2.31. The topological polar surface area (TPSA) is 126 Å². The number of primary amides is 1. The summed E-state index contributed by atoms with van der Waals surface area (Å²) in [5.74, 6) is -1.09. The van der Waals surface area contributed by atoms with Gasteiger partial charge in [-0.1, -0.05) is 42.5 Å². The number of rotatable bonds is 6. The first-order valence-corrected chi connectivity index (χ1v) is 11.8. The summed E-state index contributed by atoms with van der Waals surface area (Å²) in [7, 11) is 0. The molecule has 1 aliphatic rings. The lowest BCUT2D eigenvalue weighted by Crippen LogP contribution is -2.36. The largest absolute Gasteiger partial charge is 0.416 e. The second kappa shape index (κ2) is 12.7. The second-order valence-corrected chi connectivity index (χ2v) is 8.49. The zero-order chi connectivity index (χ0) is 28.6. The second-order valence-electron chi connectivity index (χ2n) is 8.49. The predicted molar refractivity (Wildman–Crippen MR) is 140 cm³/mol. The van der Waals surface area contributed by atoms with Gasteiger partial charge in [0.2, 0.25) is 5.91 Å². The molecule has 0 aliphatic carbocycles. The van der Waals surface area contributed by atoms with Crippen LogP contribution in [0.15, 0.2) is 95.4 Å². The zero-order valence-electron chi connectivity index (χ0n) is 20.9. The zero-order valence-corrected chi connectivity index (χ0v) is 20.9. The third kappa shape index (κ3) is 7.45. The van der Waals surface area contributed by atoms with Crippen LogP contribution in [0.5, 0.6) is 0 Å². The molecule has 1 aromatic heterocycles. The van der Waals surface area contributed by atoms with Crippen molar-refractivity contribution in [2.75, 3.05) is 13.2 Å². The van der Waals surface area contributed by atoms with E-state index in [1.165, 1.54) is 24.3 Å². The van der Waals surface area contributed by atoms with Crippen molar-refractivity contribution in [1.82, 2.24) is 15.2 Å². The van der Waals surface area contributed by atoms with Gasteiger partial charge in [0.25, 0.3) is 11.5 Å². The molecule has 0 saturated heterocycles. The summed E-state index contributed by atoms with van der Waals surface area (Å²) >= 11 is 0. The number of hydrogen-bond donors (Lipinski definition) is 4. The summed E-state index contributed by atoms with van der Waals surface area (Å²) in [6.45, 7) is 1.72. The van der Waals surface area contributed by atoms with Gasteiger partial charge in [0.05, 0.1) is 18.2 Å². The maximum Gasteiger partial charge on any atom is 0.416 e. The van der Waals surface area contributed by atoms with Crippen molar-refractivity contribution < 1.29 is 27.9 Å². The fraction of sp³-hybridized carbons (Fsp3) is 0.179. The maximum absolute atomic E-state index is 13.1. The number of aliphatic hydroxyl groups is 1. The fourth-order valence-electron chi connectivity index (χ4n) is 3.73. The van der Waals surface area contributed by atoms with Crippen LogP contribution in [0.1, 0.15) is 33.2 Å². The lowest BCUT2D eigenvalue weighted by atomic mass is 10.1. The molecule has 2 aromatic carbocycles. The van der Waals surface area contributed by atoms with E-state index in [-0.39, 0.29) is 23.8 Å². The van der Waals surface area contributed by atoms with E-state index < -0.39 is 29.2 Å². The number of aliphatic hydroxyl groups excluding tert-OH is 1. The van der Waals surface area contributed by atoms with Gasteiger partial charge in [-0.3, -0.25) is 19.0 Å². The number of hydrogen-bond acceptors (Lipinski definition) is 5. The van der Waals surface area contributed by atoms with E-state index in [2.05, 4.69) is 10.6 Å². The minimum absolute atomic E-state index is 0.00347. The number of nitrogens with one attached hydrogen (secondary N) is 2. The van der Waals surface area contributed by atoms with Gasteiger partial charge in [-0.25, -0.2) is 0 Å². The summed E-state index contributed by atoms with van der Waals surface area (Å²) in [5, 5.41) is 15.1. The van der Waals surface area contributed by atoms with E-state index in [1.807, 2.05) is 0 Å². The first-order chi connectivity index (χ1) is 18.5. The number of carbonyl (C=O) groups is 2. The molecular weight excluding hydrogens is 513 g/mol. The van der Waals surface area contributed by atoms with Gasteiger partial charge in [0, 0.05) is 23.5 Å². The van der Waals surface area contributed by atoms with Gasteiger partial charge < -0.3 is 21.5 Å². The molecule has 1 atom stereocenters. The molecule has 5 N–H and O–H groups in total. The molecule has 0 fully saturated rings. The van der Waals surface area contributed by atoms with Crippen LogP contribution < -0.4 is 21.9 Å². The highest BCUT2D eigenvalue weighted by molar-refractivity contribution is 5.94. The van der Waals surface area contributed by atoms with E-state index in [1.54, 1.807) is 55.6 Å². The van der Waals surface area contributed by atoms with Crippen LogP contribution in [0, 0.1) is 6.92 Å². The Balaban J connectivity index is 0.000000395. The third-order valence-electron chi connectivity index (χ3n) is 5.76. The standard InChI is InChI=1S/C22H19F3N2O3.C6H8N2O/c1-14-10-11-18(20(29)26-19(13-28)15-6-3-2-4-7-15)21(30)27(14)17-9-5-8-16(12-17)22(23,24)25;7-6(9)5-2-1-3-8-4-5/h2-12,19,28H,13H2,1H3,(H,26,29);1-3,8H,4H2,(H2,7,9). The number of aryl methyl sites for hydroxylation is 1. The normalized spacial score (nSPS) is 13.3. The van der Waals surface area contributed by atoms with E-state index in [0.717, 1.165) is 16.7 Å². The van der Waals surface area contributed by atoms with Crippen molar-refractivity contribution in [2.24, 2.45) is 5.73 Å². The Bertz CT molecular complexity index is 1450. The smallest absolute Gasteiger partial charge is 0.394 e. The molecule has 3 aromatic rings. The molecule has 1 unspecified atom stereocenters. The molecule has 11 heteroatoms. The molecule has 4 rings (SSSR count). The summed E-state index contributed by atoms with van der Waals surface area (Å²) < 4.78 is 40.2. The van der Waals surface area contributed by atoms with Crippen molar-refractivity contribution in [2.45, 2.75) is 19.1 Å². The van der Waals surface area contributed by atoms with Crippen molar-refractivity contribution in [3.05, 3.63) is 123 Å². The van der Waals surface area contributed by atoms with Crippen LogP contribution >= 0.6 is 0 Å². The number of allylic oxidation sites excluding steroid dienone is 2. The highest BCUT2D eigenvalue weighted by Crippen LogP contribution is 2.30. The number of dihydropyridines is 1. The Morgan fingerprint density at radius 3 is 2.38 bits per heavy atom. The van der Waals surface area contributed by atoms with Crippen molar-refractivity contribution in [3.8, 4) is 5.69 Å². The Morgan fingerprint density at radius 1 is 1.10 bits per heavy atom. The highest BCUT2D eigenvalue weighted by atomic mass is 19.4. The van der Waals surface area contributed by atoms with Gasteiger partial charge in [-0.05, 0) is 55.1 Å². The van der Waals surface area contributed by atoms with Crippen LogP contribution in [0.3, 0.4) is 0 Å². The lowest BCUT2D eigenvalue weighted by Gasteiger charge is -2.18. The minimum atomic E-state index is -4.56. The number of benzene rings is 2.